The zero-order valence-corrected chi connectivity index (χ0v) is 6.45. The van der Waals surface area contributed by atoms with Crippen molar-refractivity contribution in [2.45, 2.75) is 5.03 Å². The van der Waals surface area contributed by atoms with Crippen molar-refractivity contribution in [2.75, 3.05) is 0 Å². The molecule has 1 N–H and O–H groups in total. The van der Waals surface area contributed by atoms with Crippen molar-refractivity contribution in [1.82, 2.24) is 19.2 Å². The molecular weight excluding hydrogens is 160 g/mol. The van der Waals surface area contributed by atoms with Crippen LogP contribution in [0, 0.1) is 0 Å². The van der Waals surface area contributed by atoms with Crippen molar-refractivity contribution in [3.63, 3.8) is 0 Å². The number of imidazole rings is 1. The Bertz CT molecular complexity index is 267. The molecule has 0 saturated heterocycles. The fourth-order valence-corrected chi connectivity index (χ4v) is 1.35. The summed E-state index contributed by atoms with van der Waals surface area (Å²) < 4.78 is 1.75. The maximum absolute atomic E-state index is 4.04. The summed E-state index contributed by atoms with van der Waals surface area (Å²) in [5.41, 5.74) is 0. The van der Waals surface area contributed by atoms with E-state index in [1.54, 1.807) is 16.6 Å². The predicted octanol–water partition coefficient (Wildman–Crippen LogP) is 1.16. The maximum atomic E-state index is 4.04. The normalized spacial score (nSPS) is 10.2. The van der Waals surface area contributed by atoms with Gasteiger partial charge in [0.15, 0.2) is 0 Å². The van der Waals surface area contributed by atoms with Gasteiger partial charge in [-0.05, 0) is 6.07 Å². The van der Waals surface area contributed by atoms with Crippen LogP contribution in [-0.4, -0.2) is 19.2 Å². The van der Waals surface area contributed by atoms with Crippen LogP contribution < -0.4 is 0 Å². The fourth-order valence-electron chi connectivity index (χ4n) is 0.701. The van der Waals surface area contributed by atoms with Crippen molar-refractivity contribution in [3.05, 3.63) is 31.0 Å². The van der Waals surface area contributed by atoms with Gasteiger partial charge in [-0.1, -0.05) is 0 Å². The molecule has 0 spiro atoms. The smallest absolute Gasteiger partial charge is 0.136 e. The molecule has 2 rings (SSSR count). The number of aromatic amines is 1. The van der Waals surface area contributed by atoms with Crippen molar-refractivity contribution < 1.29 is 0 Å². The molecule has 0 aliphatic heterocycles. The van der Waals surface area contributed by atoms with Crippen LogP contribution >= 0.6 is 11.9 Å². The minimum absolute atomic E-state index is 0.911. The summed E-state index contributed by atoms with van der Waals surface area (Å²) in [6.45, 7) is 0. The molecule has 11 heavy (non-hydrogen) atoms. The lowest BCUT2D eigenvalue weighted by atomic mass is 10.8. The van der Waals surface area contributed by atoms with Crippen molar-refractivity contribution in [1.29, 1.82) is 0 Å². The molecule has 0 unspecified atom stereocenters. The van der Waals surface area contributed by atoms with E-state index in [-0.39, 0.29) is 0 Å². The van der Waals surface area contributed by atoms with Crippen LogP contribution in [-0.2, 0) is 0 Å². The lowest BCUT2D eigenvalue weighted by Crippen LogP contribution is -1.85. The molecule has 0 aliphatic carbocycles. The van der Waals surface area contributed by atoms with Crippen LogP contribution in [0.2, 0.25) is 0 Å². The maximum Gasteiger partial charge on any atom is 0.136 e. The Labute approximate surface area is 67.8 Å². The molecule has 5 heteroatoms. The van der Waals surface area contributed by atoms with E-state index < -0.39 is 0 Å². The van der Waals surface area contributed by atoms with Crippen LogP contribution in [0.3, 0.4) is 0 Å². The van der Waals surface area contributed by atoms with Gasteiger partial charge in [-0.15, -0.1) is 0 Å². The highest BCUT2D eigenvalue weighted by molar-refractivity contribution is 7.97. The Morgan fingerprint density at radius 1 is 1.55 bits per heavy atom. The van der Waals surface area contributed by atoms with Crippen LogP contribution in [0.4, 0.5) is 0 Å². The Morgan fingerprint density at radius 2 is 2.55 bits per heavy atom. The first-order chi connectivity index (χ1) is 5.45. The Balaban J connectivity index is 2.14. The van der Waals surface area contributed by atoms with Gasteiger partial charge in [0.25, 0.3) is 0 Å². The van der Waals surface area contributed by atoms with E-state index in [2.05, 4.69) is 15.1 Å². The first-order valence-corrected chi connectivity index (χ1v) is 3.89. The Morgan fingerprint density at radius 3 is 3.18 bits per heavy atom. The Hall–Kier alpha value is -1.23. The van der Waals surface area contributed by atoms with E-state index in [9.17, 15) is 0 Å². The minimum Gasteiger partial charge on any atom is -0.350 e. The summed E-state index contributed by atoms with van der Waals surface area (Å²) >= 11 is 1.46. The molecule has 0 atom stereocenters. The van der Waals surface area contributed by atoms with E-state index in [4.69, 9.17) is 0 Å². The van der Waals surface area contributed by atoms with Gasteiger partial charge in [-0.2, -0.15) is 5.10 Å². The van der Waals surface area contributed by atoms with Gasteiger partial charge in [0, 0.05) is 30.5 Å². The van der Waals surface area contributed by atoms with Gasteiger partial charge in [-0.3, -0.25) is 0 Å². The summed E-state index contributed by atoms with van der Waals surface area (Å²) in [6.07, 6.45) is 7.08. The SMILES string of the molecule is c1cnn(Sc2c[nH]cn2)c1. The highest BCUT2D eigenvalue weighted by Crippen LogP contribution is 2.13. The van der Waals surface area contributed by atoms with Crippen LogP contribution in [0.1, 0.15) is 0 Å². The van der Waals surface area contributed by atoms with Crippen LogP contribution in [0.5, 0.6) is 0 Å². The molecule has 0 aromatic carbocycles. The number of H-pyrrole nitrogens is 1. The van der Waals surface area contributed by atoms with Crippen molar-refractivity contribution in [2.24, 2.45) is 0 Å². The topological polar surface area (TPSA) is 46.5 Å². The summed E-state index contributed by atoms with van der Waals surface area (Å²) in [5.74, 6) is 0. The standard InChI is InChI=1S/C6H6N4S/c1-2-9-10(3-1)11-6-4-7-5-8-6/h1-5H,(H,7,8). The highest BCUT2D eigenvalue weighted by Gasteiger charge is 1.95. The van der Waals surface area contributed by atoms with Gasteiger partial charge in [0.2, 0.25) is 0 Å². The Kier molecular flexibility index (Phi) is 1.64. The number of nitrogens with zero attached hydrogens (tertiary/aromatic N) is 3. The molecule has 4 nitrogen and oxygen atoms in total. The molecule has 0 amide bonds. The van der Waals surface area contributed by atoms with E-state index >= 15 is 0 Å². The monoisotopic (exact) mass is 166 g/mol. The molecule has 0 aliphatic rings. The second kappa shape index (κ2) is 2.79. The van der Waals surface area contributed by atoms with Crippen LogP contribution in [0.25, 0.3) is 0 Å². The second-order valence-corrected chi connectivity index (χ2v) is 2.88. The summed E-state index contributed by atoms with van der Waals surface area (Å²) in [5, 5.41) is 4.93. The molecule has 0 bridgehead atoms. The largest absolute Gasteiger partial charge is 0.350 e. The van der Waals surface area contributed by atoms with Gasteiger partial charge in [-0.25, -0.2) is 9.07 Å². The van der Waals surface area contributed by atoms with Gasteiger partial charge in [0.05, 0.1) is 6.33 Å². The third-order valence-corrected chi connectivity index (χ3v) is 1.95. The molecule has 2 aromatic heterocycles. The molecule has 0 saturated carbocycles. The lowest BCUT2D eigenvalue weighted by Gasteiger charge is -1.92. The van der Waals surface area contributed by atoms with E-state index in [0.29, 0.717) is 0 Å². The van der Waals surface area contributed by atoms with E-state index in [0.717, 1.165) is 5.03 Å². The molecular formula is C6H6N4S. The quantitative estimate of drug-likeness (QED) is 0.728. The number of hydrogen-bond acceptors (Lipinski definition) is 3. The first kappa shape index (κ1) is 6.48. The van der Waals surface area contributed by atoms with Crippen molar-refractivity contribution in [3.8, 4) is 0 Å². The van der Waals surface area contributed by atoms with Gasteiger partial charge in [0.1, 0.15) is 5.03 Å². The van der Waals surface area contributed by atoms with E-state index in [1.165, 1.54) is 11.9 Å². The molecule has 0 fully saturated rings. The molecule has 2 heterocycles. The molecule has 0 radical (unpaired) electrons. The number of aromatic nitrogens is 4. The average Bonchev–Trinajstić information content (AvgIpc) is 2.60. The highest BCUT2D eigenvalue weighted by atomic mass is 32.2. The summed E-state index contributed by atoms with van der Waals surface area (Å²) in [7, 11) is 0. The zero-order chi connectivity index (χ0) is 7.52. The van der Waals surface area contributed by atoms with Crippen molar-refractivity contribution >= 4 is 11.9 Å². The van der Waals surface area contributed by atoms with Gasteiger partial charge < -0.3 is 4.98 Å². The fraction of sp³-hybridized carbons (Fsp3) is 0. The molecule has 56 valence electrons. The third-order valence-electron chi connectivity index (χ3n) is 1.14. The lowest BCUT2D eigenvalue weighted by molar-refractivity contribution is 0.998. The summed E-state index contributed by atoms with van der Waals surface area (Å²) in [4.78, 5) is 6.91. The second-order valence-electron chi connectivity index (χ2n) is 1.91. The number of rotatable bonds is 2. The third kappa shape index (κ3) is 1.43. The number of hydrogen-bond donors (Lipinski definition) is 1. The molecule has 2 aromatic rings. The van der Waals surface area contributed by atoms with Gasteiger partial charge >= 0.3 is 0 Å². The zero-order valence-electron chi connectivity index (χ0n) is 5.64. The van der Waals surface area contributed by atoms with E-state index in [1.807, 2.05) is 18.5 Å². The average molecular weight is 166 g/mol. The predicted molar refractivity (Wildman–Crippen MR) is 42.1 cm³/mol. The van der Waals surface area contributed by atoms with Crippen LogP contribution in [0.15, 0.2) is 36.0 Å². The first-order valence-electron chi connectivity index (χ1n) is 3.12. The summed E-state index contributed by atoms with van der Waals surface area (Å²) in [6, 6.07) is 1.87. The number of nitrogens with one attached hydrogen (secondary N) is 1. The minimum atomic E-state index is 0.911.